The van der Waals surface area contributed by atoms with Crippen LogP contribution in [0.5, 0.6) is 0 Å². The summed E-state index contributed by atoms with van der Waals surface area (Å²) in [4.78, 5) is 24.6. The molecule has 1 amide bonds. The van der Waals surface area contributed by atoms with Gasteiger partial charge in [0.2, 0.25) is 5.91 Å². The van der Waals surface area contributed by atoms with Gasteiger partial charge in [-0.2, -0.15) is 0 Å². The highest BCUT2D eigenvalue weighted by atomic mass is 35.5. The van der Waals surface area contributed by atoms with Crippen LogP contribution in [0.4, 0.5) is 11.4 Å². The van der Waals surface area contributed by atoms with Gasteiger partial charge in [-0.05, 0) is 55.3 Å². The number of fused-ring (bicyclic) bond motifs is 1. The van der Waals surface area contributed by atoms with Crippen LogP contribution in [0.15, 0.2) is 41.3 Å². The van der Waals surface area contributed by atoms with Crippen LogP contribution in [0.3, 0.4) is 0 Å². The number of benzene rings is 2. The first-order valence-corrected chi connectivity index (χ1v) is 10.1. The molecule has 2 aromatic rings. The van der Waals surface area contributed by atoms with E-state index in [9.17, 15) is 23.1 Å². The van der Waals surface area contributed by atoms with E-state index in [0.29, 0.717) is 25.1 Å². The third kappa shape index (κ3) is 3.77. The van der Waals surface area contributed by atoms with Crippen molar-refractivity contribution in [2.75, 3.05) is 16.2 Å². The van der Waals surface area contributed by atoms with Crippen molar-refractivity contribution in [2.24, 2.45) is 0 Å². The minimum absolute atomic E-state index is 0.0330. The van der Waals surface area contributed by atoms with Crippen molar-refractivity contribution >= 4 is 44.9 Å². The Hall–Kier alpha value is -2.58. The second kappa shape index (κ2) is 7.21. The van der Waals surface area contributed by atoms with Crippen LogP contribution in [0.2, 0.25) is 5.02 Å². The van der Waals surface area contributed by atoms with E-state index in [4.69, 9.17) is 11.6 Å². The fourth-order valence-corrected chi connectivity index (χ4v) is 4.49. The molecule has 0 saturated heterocycles. The van der Waals surface area contributed by atoms with E-state index in [2.05, 4.69) is 4.72 Å². The largest absolute Gasteiger partial charge is 0.478 e. The summed E-state index contributed by atoms with van der Waals surface area (Å²) in [5, 5.41) is 9.40. The van der Waals surface area contributed by atoms with Gasteiger partial charge >= 0.3 is 5.97 Å². The molecule has 0 unspecified atom stereocenters. The summed E-state index contributed by atoms with van der Waals surface area (Å²) in [6.07, 6.45) is 0.874. The maximum atomic E-state index is 12.7. The molecule has 0 bridgehead atoms. The number of hydrogen-bond acceptors (Lipinski definition) is 4. The van der Waals surface area contributed by atoms with E-state index in [0.717, 1.165) is 23.4 Å². The van der Waals surface area contributed by atoms with Crippen molar-refractivity contribution in [1.82, 2.24) is 0 Å². The third-order valence-corrected chi connectivity index (χ3v) is 5.98. The number of nitrogens with one attached hydrogen (secondary N) is 1. The molecule has 2 aromatic carbocycles. The van der Waals surface area contributed by atoms with E-state index < -0.39 is 21.6 Å². The standard InChI is InChI=1S/C18H17ClN2O5S/c1-2-21-15-6-5-13(9-11(15)3-8-17(21)22)20-27(25,26)16-7-4-12(19)10-14(16)18(23)24/h4-7,9-10,20H,2-3,8H2,1H3,(H,23,24). The van der Waals surface area contributed by atoms with Crippen LogP contribution in [-0.4, -0.2) is 31.9 Å². The highest BCUT2D eigenvalue weighted by Crippen LogP contribution is 2.31. The average Bonchev–Trinajstić information content (AvgIpc) is 2.61. The third-order valence-electron chi connectivity index (χ3n) is 4.31. The zero-order chi connectivity index (χ0) is 19.8. The number of carbonyl (C=O) groups excluding carboxylic acids is 1. The number of halogens is 1. The second-order valence-electron chi connectivity index (χ2n) is 6.03. The lowest BCUT2D eigenvalue weighted by Crippen LogP contribution is -2.34. The molecule has 0 radical (unpaired) electrons. The van der Waals surface area contributed by atoms with Crippen LogP contribution in [0.1, 0.15) is 29.3 Å². The molecular weight excluding hydrogens is 392 g/mol. The highest BCUT2D eigenvalue weighted by Gasteiger charge is 2.25. The number of carbonyl (C=O) groups is 2. The van der Waals surface area contributed by atoms with E-state index in [-0.39, 0.29) is 15.8 Å². The van der Waals surface area contributed by atoms with Gasteiger partial charge < -0.3 is 10.0 Å². The van der Waals surface area contributed by atoms with Crippen molar-refractivity contribution in [3.63, 3.8) is 0 Å². The molecule has 0 saturated carbocycles. The molecule has 7 nitrogen and oxygen atoms in total. The predicted octanol–water partition coefficient (Wildman–Crippen LogP) is 3.14. The smallest absolute Gasteiger partial charge is 0.337 e. The molecule has 1 heterocycles. The minimum atomic E-state index is -4.13. The van der Waals surface area contributed by atoms with Crippen molar-refractivity contribution in [1.29, 1.82) is 0 Å². The van der Waals surface area contributed by atoms with Gasteiger partial charge in [0.25, 0.3) is 10.0 Å². The lowest BCUT2D eigenvalue weighted by molar-refractivity contribution is -0.118. The van der Waals surface area contributed by atoms with Gasteiger partial charge in [0, 0.05) is 29.4 Å². The first-order chi connectivity index (χ1) is 12.7. The maximum Gasteiger partial charge on any atom is 0.337 e. The monoisotopic (exact) mass is 408 g/mol. The average molecular weight is 409 g/mol. The quantitative estimate of drug-likeness (QED) is 0.790. The second-order valence-corrected chi connectivity index (χ2v) is 8.12. The molecule has 0 atom stereocenters. The van der Waals surface area contributed by atoms with E-state index >= 15 is 0 Å². The first kappa shape index (κ1) is 19.2. The number of sulfonamides is 1. The zero-order valence-corrected chi connectivity index (χ0v) is 16.0. The summed E-state index contributed by atoms with van der Waals surface area (Å²) in [6, 6.07) is 8.47. The highest BCUT2D eigenvalue weighted by molar-refractivity contribution is 7.92. The molecule has 0 aromatic heterocycles. The molecule has 3 rings (SSSR count). The Morgan fingerprint density at radius 2 is 1.96 bits per heavy atom. The van der Waals surface area contributed by atoms with Gasteiger partial charge in [-0.1, -0.05) is 11.6 Å². The summed E-state index contributed by atoms with van der Waals surface area (Å²) >= 11 is 5.78. The van der Waals surface area contributed by atoms with Gasteiger partial charge in [-0.3, -0.25) is 9.52 Å². The summed E-state index contributed by atoms with van der Waals surface area (Å²) < 4.78 is 27.8. The number of rotatable bonds is 5. The molecule has 2 N–H and O–H groups in total. The van der Waals surface area contributed by atoms with Gasteiger partial charge in [0.05, 0.1) is 5.56 Å². The molecule has 9 heteroatoms. The molecule has 0 spiro atoms. The van der Waals surface area contributed by atoms with Crippen molar-refractivity contribution in [2.45, 2.75) is 24.7 Å². The Labute approximate surface area is 161 Å². The molecule has 1 aliphatic rings. The molecule has 27 heavy (non-hydrogen) atoms. The Balaban J connectivity index is 1.96. The van der Waals surface area contributed by atoms with Gasteiger partial charge in [-0.15, -0.1) is 0 Å². The van der Waals surface area contributed by atoms with Crippen LogP contribution in [0.25, 0.3) is 0 Å². The van der Waals surface area contributed by atoms with Crippen molar-refractivity contribution in [3.8, 4) is 0 Å². The molecule has 0 fully saturated rings. The normalized spacial score (nSPS) is 14.0. The Morgan fingerprint density at radius 3 is 2.63 bits per heavy atom. The number of aromatic carboxylic acids is 1. The van der Waals surface area contributed by atoms with Crippen LogP contribution in [-0.2, 0) is 21.2 Å². The Morgan fingerprint density at radius 1 is 1.22 bits per heavy atom. The number of aryl methyl sites for hydroxylation is 1. The lowest BCUT2D eigenvalue weighted by atomic mass is 10.0. The van der Waals surface area contributed by atoms with Crippen LogP contribution >= 0.6 is 11.6 Å². The van der Waals surface area contributed by atoms with E-state index in [1.165, 1.54) is 6.07 Å². The summed E-state index contributed by atoms with van der Waals surface area (Å²) in [6.45, 7) is 2.40. The van der Waals surface area contributed by atoms with Gasteiger partial charge in [-0.25, -0.2) is 13.2 Å². The van der Waals surface area contributed by atoms with Crippen molar-refractivity contribution in [3.05, 3.63) is 52.5 Å². The molecule has 0 aliphatic carbocycles. The predicted molar refractivity (Wildman–Crippen MR) is 102 cm³/mol. The Bertz CT molecular complexity index is 1040. The summed E-state index contributed by atoms with van der Waals surface area (Å²) in [5.74, 6) is -1.36. The van der Waals surface area contributed by atoms with Crippen LogP contribution < -0.4 is 9.62 Å². The zero-order valence-electron chi connectivity index (χ0n) is 14.4. The fourth-order valence-electron chi connectivity index (χ4n) is 3.08. The van der Waals surface area contributed by atoms with E-state index in [1.807, 2.05) is 6.92 Å². The number of anilines is 2. The molecule has 1 aliphatic heterocycles. The lowest BCUT2D eigenvalue weighted by Gasteiger charge is -2.28. The SMILES string of the molecule is CCN1C(=O)CCc2cc(NS(=O)(=O)c3ccc(Cl)cc3C(=O)O)ccc21. The van der Waals surface area contributed by atoms with Crippen LogP contribution in [0, 0.1) is 0 Å². The number of amides is 1. The minimum Gasteiger partial charge on any atom is -0.478 e. The summed E-state index contributed by atoms with van der Waals surface area (Å²) in [5.41, 5.74) is 1.50. The topological polar surface area (TPSA) is 104 Å². The van der Waals surface area contributed by atoms with Gasteiger partial charge in [0.1, 0.15) is 4.90 Å². The summed E-state index contributed by atoms with van der Waals surface area (Å²) in [7, 11) is -4.13. The maximum absolute atomic E-state index is 12.7. The number of carboxylic acids is 1. The molecule has 142 valence electrons. The number of nitrogens with zero attached hydrogens (tertiary/aromatic N) is 1. The van der Waals surface area contributed by atoms with E-state index in [1.54, 1.807) is 23.1 Å². The first-order valence-electron chi connectivity index (χ1n) is 8.22. The fraction of sp³-hybridized carbons (Fsp3) is 0.222. The Kier molecular flexibility index (Phi) is 5.12. The molecular formula is C18H17ClN2O5S. The van der Waals surface area contributed by atoms with Gasteiger partial charge in [0.15, 0.2) is 0 Å². The number of hydrogen-bond donors (Lipinski definition) is 2. The number of carboxylic acid groups (broad SMARTS) is 1. The van der Waals surface area contributed by atoms with Crippen molar-refractivity contribution < 1.29 is 23.1 Å².